The maximum absolute atomic E-state index is 11.7. The normalized spacial score (nSPS) is 11.5. The predicted molar refractivity (Wildman–Crippen MR) is 65.9 cm³/mol. The summed E-state index contributed by atoms with van der Waals surface area (Å²) >= 11 is 0. The second-order valence-electron chi connectivity index (χ2n) is 5.61. The lowest BCUT2D eigenvalue weighted by Gasteiger charge is -2.23. The van der Waals surface area contributed by atoms with Crippen LogP contribution in [0.3, 0.4) is 0 Å². The Morgan fingerprint density at radius 1 is 1.13 bits per heavy atom. The number of amides is 1. The van der Waals surface area contributed by atoms with Crippen LogP contribution in [0.2, 0.25) is 0 Å². The Balaban J connectivity index is 3.70. The number of nitrogens with zero attached hydrogens (tertiary/aromatic N) is 1. The second-order valence-corrected chi connectivity index (χ2v) is 5.61. The molecule has 0 N–H and O–H groups in total. The molecule has 0 bridgehead atoms. The van der Waals surface area contributed by atoms with E-state index >= 15 is 0 Å². The Kier molecular flexibility index (Phi) is 6.62. The van der Waals surface area contributed by atoms with Crippen LogP contribution in [-0.4, -0.2) is 24.4 Å². The first kappa shape index (κ1) is 14.5. The van der Waals surface area contributed by atoms with Crippen LogP contribution >= 0.6 is 0 Å². The molecule has 2 heteroatoms. The van der Waals surface area contributed by atoms with Gasteiger partial charge in [-0.2, -0.15) is 0 Å². The summed E-state index contributed by atoms with van der Waals surface area (Å²) in [7, 11) is 1.92. The van der Waals surface area contributed by atoms with Crippen molar-refractivity contribution in [2.24, 2.45) is 5.41 Å². The lowest BCUT2D eigenvalue weighted by Crippen LogP contribution is -2.30. The quantitative estimate of drug-likeness (QED) is 0.619. The van der Waals surface area contributed by atoms with Crippen LogP contribution in [0.5, 0.6) is 0 Å². The molecule has 2 nitrogen and oxygen atoms in total. The van der Waals surface area contributed by atoms with Crippen molar-refractivity contribution in [3.05, 3.63) is 0 Å². The van der Waals surface area contributed by atoms with Gasteiger partial charge in [0.05, 0.1) is 0 Å². The Labute approximate surface area is 95.0 Å². The van der Waals surface area contributed by atoms with Crippen LogP contribution in [0.25, 0.3) is 0 Å². The molecule has 0 unspecified atom stereocenters. The van der Waals surface area contributed by atoms with Crippen LogP contribution in [0.1, 0.15) is 59.8 Å². The zero-order valence-corrected chi connectivity index (χ0v) is 11.1. The van der Waals surface area contributed by atoms with Gasteiger partial charge >= 0.3 is 0 Å². The summed E-state index contributed by atoms with van der Waals surface area (Å²) in [6, 6.07) is 0. The van der Waals surface area contributed by atoms with Gasteiger partial charge in [-0.3, -0.25) is 4.79 Å². The molecular formula is C13H27NO. The minimum absolute atomic E-state index is 0.106. The smallest absolute Gasteiger partial charge is 0.222 e. The first-order chi connectivity index (χ1) is 6.87. The highest BCUT2D eigenvalue weighted by Gasteiger charge is 2.18. The minimum Gasteiger partial charge on any atom is -0.346 e. The third kappa shape index (κ3) is 8.46. The molecular weight excluding hydrogens is 186 g/mol. The van der Waals surface area contributed by atoms with Crippen molar-refractivity contribution >= 4 is 5.91 Å². The number of carbonyl (C=O) groups excluding carboxylic acids is 1. The summed E-state index contributed by atoms with van der Waals surface area (Å²) in [6.45, 7) is 9.44. The predicted octanol–water partition coefficient (Wildman–Crippen LogP) is 3.46. The Bertz CT molecular complexity index is 181. The van der Waals surface area contributed by atoms with Crippen LogP contribution in [0.4, 0.5) is 0 Å². The highest BCUT2D eigenvalue weighted by Crippen LogP contribution is 2.19. The SMILES string of the molecule is CCCCCCN(C)C(=O)CC(C)(C)C. The zero-order chi connectivity index (χ0) is 11.9. The number of hydrogen-bond acceptors (Lipinski definition) is 1. The van der Waals surface area contributed by atoms with E-state index in [0.717, 1.165) is 13.0 Å². The van der Waals surface area contributed by atoms with E-state index in [9.17, 15) is 4.79 Å². The van der Waals surface area contributed by atoms with Crippen LogP contribution in [0, 0.1) is 5.41 Å². The van der Waals surface area contributed by atoms with Gasteiger partial charge in [0, 0.05) is 20.0 Å². The van der Waals surface area contributed by atoms with E-state index in [1.54, 1.807) is 0 Å². The lowest BCUT2D eigenvalue weighted by atomic mass is 9.91. The van der Waals surface area contributed by atoms with Crippen molar-refractivity contribution in [2.45, 2.75) is 59.8 Å². The molecule has 0 heterocycles. The van der Waals surface area contributed by atoms with E-state index in [-0.39, 0.29) is 11.3 Å². The maximum atomic E-state index is 11.7. The van der Waals surface area contributed by atoms with Crippen molar-refractivity contribution in [2.75, 3.05) is 13.6 Å². The molecule has 0 radical (unpaired) electrons. The van der Waals surface area contributed by atoms with E-state index in [0.29, 0.717) is 6.42 Å². The van der Waals surface area contributed by atoms with Gasteiger partial charge in [0.15, 0.2) is 0 Å². The molecule has 0 spiro atoms. The van der Waals surface area contributed by atoms with Gasteiger partial charge in [-0.05, 0) is 11.8 Å². The highest BCUT2D eigenvalue weighted by molar-refractivity contribution is 5.76. The number of carbonyl (C=O) groups is 1. The van der Waals surface area contributed by atoms with Crippen molar-refractivity contribution in [3.63, 3.8) is 0 Å². The number of hydrogen-bond donors (Lipinski definition) is 0. The largest absolute Gasteiger partial charge is 0.346 e. The lowest BCUT2D eigenvalue weighted by molar-refractivity contribution is -0.131. The molecule has 0 aromatic carbocycles. The van der Waals surface area contributed by atoms with E-state index < -0.39 is 0 Å². The van der Waals surface area contributed by atoms with Gasteiger partial charge in [0.1, 0.15) is 0 Å². The van der Waals surface area contributed by atoms with E-state index in [2.05, 4.69) is 27.7 Å². The molecule has 0 atom stereocenters. The van der Waals surface area contributed by atoms with E-state index in [1.807, 2.05) is 11.9 Å². The fraction of sp³-hybridized carbons (Fsp3) is 0.923. The van der Waals surface area contributed by atoms with Crippen molar-refractivity contribution < 1.29 is 4.79 Å². The molecule has 0 aromatic heterocycles. The topological polar surface area (TPSA) is 20.3 Å². The fourth-order valence-corrected chi connectivity index (χ4v) is 1.49. The molecule has 0 rings (SSSR count). The third-order valence-electron chi connectivity index (χ3n) is 2.45. The monoisotopic (exact) mass is 213 g/mol. The van der Waals surface area contributed by atoms with Gasteiger partial charge in [-0.15, -0.1) is 0 Å². The molecule has 1 amide bonds. The first-order valence-corrected chi connectivity index (χ1v) is 6.11. The standard InChI is InChI=1S/C13H27NO/c1-6-7-8-9-10-14(5)12(15)11-13(2,3)4/h6-11H2,1-5H3. The summed E-state index contributed by atoms with van der Waals surface area (Å²) in [5, 5.41) is 0. The summed E-state index contributed by atoms with van der Waals surface area (Å²) in [6.07, 6.45) is 5.56. The molecule has 90 valence electrons. The zero-order valence-electron chi connectivity index (χ0n) is 11.1. The molecule has 0 saturated heterocycles. The van der Waals surface area contributed by atoms with Gasteiger partial charge in [0.25, 0.3) is 0 Å². The summed E-state index contributed by atoms with van der Waals surface area (Å²) in [5.41, 5.74) is 0.106. The Hall–Kier alpha value is -0.530. The van der Waals surface area contributed by atoms with Crippen LogP contribution < -0.4 is 0 Å². The molecule has 15 heavy (non-hydrogen) atoms. The minimum atomic E-state index is 0.106. The number of unbranched alkanes of at least 4 members (excludes halogenated alkanes) is 3. The van der Waals surface area contributed by atoms with Gasteiger partial charge in [-0.1, -0.05) is 47.0 Å². The second kappa shape index (κ2) is 6.86. The van der Waals surface area contributed by atoms with Crippen molar-refractivity contribution in [1.29, 1.82) is 0 Å². The van der Waals surface area contributed by atoms with E-state index in [4.69, 9.17) is 0 Å². The molecule has 0 fully saturated rings. The summed E-state index contributed by atoms with van der Waals surface area (Å²) < 4.78 is 0. The molecule has 0 aliphatic carbocycles. The highest BCUT2D eigenvalue weighted by atomic mass is 16.2. The van der Waals surface area contributed by atoms with Gasteiger partial charge in [-0.25, -0.2) is 0 Å². The van der Waals surface area contributed by atoms with Crippen molar-refractivity contribution in [1.82, 2.24) is 4.90 Å². The Morgan fingerprint density at radius 3 is 2.20 bits per heavy atom. The molecule has 0 saturated carbocycles. The fourth-order valence-electron chi connectivity index (χ4n) is 1.49. The maximum Gasteiger partial charge on any atom is 0.222 e. The summed E-state index contributed by atoms with van der Waals surface area (Å²) in [4.78, 5) is 13.6. The van der Waals surface area contributed by atoms with E-state index in [1.165, 1.54) is 19.3 Å². The van der Waals surface area contributed by atoms with Crippen LogP contribution in [0.15, 0.2) is 0 Å². The van der Waals surface area contributed by atoms with Crippen molar-refractivity contribution in [3.8, 4) is 0 Å². The molecule has 0 aliphatic heterocycles. The number of rotatable bonds is 6. The first-order valence-electron chi connectivity index (χ1n) is 6.11. The third-order valence-corrected chi connectivity index (χ3v) is 2.45. The average molecular weight is 213 g/mol. The molecule has 0 aromatic rings. The Morgan fingerprint density at radius 2 is 1.73 bits per heavy atom. The van der Waals surface area contributed by atoms with Crippen LogP contribution in [-0.2, 0) is 4.79 Å². The van der Waals surface area contributed by atoms with Gasteiger partial charge in [0.2, 0.25) is 5.91 Å². The molecule has 0 aliphatic rings. The summed E-state index contributed by atoms with van der Waals surface area (Å²) in [5.74, 6) is 0.277. The average Bonchev–Trinajstić information content (AvgIpc) is 2.09. The van der Waals surface area contributed by atoms with Gasteiger partial charge < -0.3 is 4.90 Å².